The lowest BCUT2D eigenvalue weighted by atomic mass is 10.2. The molecule has 3 aromatic rings. The van der Waals surface area contributed by atoms with Gasteiger partial charge in [-0.25, -0.2) is 9.50 Å². The summed E-state index contributed by atoms with van der Waals surface area (Å²) in [4.78, 5) is 4.35. The van der Waals surface area contributed by atoms with E-state index in [2.05, 4.69) is 22.3 Å². The van der Waals surface area contributed by atoms with E-state index in [0.717, 1.165) is 35.7 Å². The average Bonchev–Trinajstić information content (AvgIpc) is 2.89. The fourth-order valence-electron chi connectivity index (χ4n) is 2.05. The summed E-state index contributed by atoms with van der Waals surface area (Å²) in [7, 11) is 0. The molecule has 1 aromatic carbocycles. The van der Waals surface area contributed by atoms with Crippen LogP contribution in [0.15, 0.2) is 42.6 Å². The van der Waals surface area contributed by atoms with Crippen molar-refractivity contribution in [3.63, 3.8) is 0 Å². The van der Waals surface area contributed by atoms with Crippen LogP contribution in [0.4, 0.5) is 5.82 Å². The van der Waals surface area contributed by atoms with E-state index in [0.29, 0.717) is 0 Å². The SMILES string of the molecule is CCCNc1ccc2ncc(-c3ccc(O)cc3)n2n1. The van der Waals surface area contributed by atoms with E-state index in [1.165, 1.54) is 0 Å². The van der Waals surface area contributed by atoms with Crippen LogP contribution < -0.4 is 5.32 Å². The van der Waals surface area contributed by atoms with Gasteiger partial charge in [-0.1, -0.05) is 6.92 Å². The molecule has 0 aliphatic rings. The molecule has 0 atom stereocenters. The second kappa shape index (κ2) is 5.21. The third kappa shape index (κ3) is 2.30. The van der Waals surface area contributed by atoms with Crippen molar-refractivity contribution in [2.24, 2.45) is 0 Å². The van der Waals surface area contributed by atoms with Crippen molar-refractivity contribution in [3.8, 4) is 17.0 Å². The first-order valence-corrected chi connectivity index (χ1v) is 6.66. The van der Waals surface area contributed by atoms with Crippen LogP contribution in [0.3, 0.4) is 0 Å². The number of phenolic OH excluding ortho intramolecular Hbond substituents is 1. The Kier molecular flexibility index (Phi) is 3.25. The zero-order valence-corrected chi connectivity index (χ0v) is 11.2. The van der Waals surface area contributed by atoms with Crippen LogP contribution >= 0.6 is 0 Å². The van der Waals surface area contributed by atoms with E-state index < -0.39 is 0 Å². The van der Waals surface area contributed by atoms with Crippen molar-refractivity contribution >= 4 is 11.5 Å². The molecule has 5 nitrogen and oxygen atoms in total. The molecular formula is C15H16N4O. The van der Waals surface area contributed by atoms with Gasteiger partial charge in [0.15, 0.2) is 5.65 Å². The molecule has 2 aromatic heterocycles. The number of hydrogen-bond acceptors (Lipinski definition) is 4. The summed E-state index contributed by atoms with van der Waals surface area (Å²) in [6.45, 7) is 3.01. The maximum Gasteiger partial charge on any atom is 0.154 e. The van der Waals surface area contributed by atoms with Crippen LogP contribution in [0.2, 0.25) is 0 Å². The lowest BCUT2D eigenvalue weighted by Gasteiger charge is -2.06. The van der Waals surface area contributed by atoms with E-state index in [1.54, 1.807) is 18.3 Å². The zero-order valence-electron chi connectivity index (χ0n) is 11.2. The van der Waals surface area contributed by atoms with Crippen molar-refractivity contribution in [2.45, 2.75) is 13.3 Å². The molecule has 0 spiro atoms. The van der Waals surface area contributed by atoms with Gasteiger partial charge in [-0.05, 0) is 42.8 Å². The molecule has 0 bridgehead atoms. The fraction of sp³-hybridized carbons (Fsp3) is 0.200. The zero-order chi connectivity index (χ0) is 13.9. The average molecular weight is 268 g/mol. The molecule has 5 heteroatoms. The number of aromatic nitrogens is 3. The van der Waals surface area contributed by atoms with E-state index in [9.17, 15) is 5.11 Å². The number of benzene rings is 1. The van der Waals surface area contributed by atoms with Crippen LogP contribution in [0, 0.1) is 0 Å². The molecule has 2 N–H and O–H groups in total. The number of phenols is 1. The number of anilines is 1. The smallest absolute Gasteiger partial charge is 0.154 e. The maximum absolute atomic E-state index is 9.36. The quantitative estimate of drug-likeness (QED) is 0.763. The highest BCUT2D eigenvalue weighted by Crippen LogP contribution is 2.22. The van der Waals surface area contributed by atoms with Crippen LogP contribution in [0.1, 0.15) is 13.3 Å². The molecule has 0 saturated carbocycles. The summed E-state index contributed by atoms with van der Waals surface area (Å²) in [5.74, 6) is 1.08. The van der Waals surface area contributed by atoms with E-state index >= 15 is 0 Å². The molecule has 0 aliphatic heterocycles. The van der Waals surface area contributed by atoms with Crippen molar-refractivity contribution in [1.29, 1.82) is 0 Å². The number of rotatable bonds is 4. The summed E-state index contributed by atoms with van der Waals surface area (Å²) < 4.78 is 1.81. The van der Waals surface area contributed by atoms with E-state index in [4.69, 9.17) is 0 Å². The Balaban J connectivity index is 2.04. The van der Waals surface area contributed by atoms with Crippen molar-refractivity contribution in [3.05, 3.63) is 42.6 Å². The number of hydrogen-bond donors (Lipinski definition) is 2. The van der Waals surface area contributed by atoms with Crippen LogP contribution in [-0.2, 0) is 0 Å². The third-order valence-corrected chi connectivity index (χ3v) is 3.08. The summed E-state index contributed by atoms with van der Waals surface area (Å²) in [5, 5.41) is 17.2. The minimum atomic E-state index is 0.251. The van der Waals surface area contributed by atoms with Gasteiger partial charge in [0.05, 0.1) is 11.9 Å². The number of imidazole rings is 1. The van der Waals surface area contributed by atoms with Crippen molar-refractivity contribution in [2.75, 3.05) is 11.9 Å². The Bertz CT molecular complexity index is 718. The van der Waals surface area contributed by atoms with Gasteiger partial charge in [-0.3, -0.25) is 0 Å². The van der Waals surface area contributed by atoms with Gasteiger partial charge in [-0.15, -0.1) is 5.10 Å². The highest BCUT2D eigenvalue weighted by molar-refractivity contribution is 5.64. The van der Waals surface area contributed by atoms with Crippen LogP contribution in [0.25, 0.3) is 16.9 Å². The molecule has 0 amide bonds. The second-order valence-corrected chi connectivity index (χ2v) is 4.61. The molecule has 0 saturated heterocycles. The molecular weight excluding hydrogens is 252 g/mol. The minimum Gasteiger partial charge on any atom is -0.508 e. The summed E-state index contributed by atoms with van der Waals surface area (Å²) in [5.41, 5.74) is 2.67. The summed E-state index contributed by atoms with van der Waals surface area (Å²) >= 11 is 0. The Morgan fingerprint density at radius 1 is 1.15 bits per heavy atom. The Morgan fingerprint density at radius 2 is 1.95 bits per heavy atom. The Labute approximate surface area is 116 Å². The number of fused-ring (bicyclic) bond motifs is 1. The van der Waals surface area contributed by atoms with Gasteiger partial charge in [0.2, 0.25) is 0 Å². The van der Waals surface area contributed by atoms with Gasteiger partial charge in [-0.2, -0.15) is 0 Å². The Hall–Kier alpha value is -2.56. The van der Waals surface area contributed by atoms with E-state index in [1.807, 2.05) is 28.8 Å². The first-order valence-electron chi connectivity index (χ1n) is 6.66. The standard InChI is InChI=1S/C15H16N4O/c1-2-9-16-14-7-8-15-17-10-13(19(15)18-14)11-3-5-12(20)6-4-11/h3-8,10,20H,2,9H2,1H3,(H,16,18). The maximum atomic E-state index is 9.36. The summed E-state index contributed by atoms with van der Waals surface area (Å²) in [6.07, 6.45) is 2.84. The largest absolute Gasteiger partial charge is 0.508 e. The molecule has 20 heavy (non-hydrogen) atoms. The molecule has 0 fully saturated rings. The number of aromatic hydroxyl groups is 1. The van der Waals surface area contributed by atoms with Gasteiger partial charge in [0.1, 0.15) is 11.6 Å². The Morgan fingerprint density at radius 3 is 2.70 bits per heavy atom. The number of nitrogens with zero attached hydrogens (tertiary/aromatic N) is 3. The lowest BCUT2D eigenvalue weighted by Crippen LogP contribution is -2.05. The van der Waals surface area contributed by atoms with Crippen LogP contribution in [0.5, 0.6) is 5.75 Å². The van der Waals surface area contributed by atoms with Gasteiger partial charge in [0, 0.05) is 12.1 Å². The fourth-order valence-corrected chi connectivity index (χ4v) is 2.05. The van der Waals surface area contributed by atoms with Gasteiger partial charge < -0.3 is 10.4 Å². The molecule has 0 aliphatic carbocycles. The molecule has 2 heterocycles. The van der Waals surface area contributed by atoms with Crippen molar-refractivity contribution < 1.29 is 5.11 Å². The second-order valence-electron chi connectivity index (χ2n) is 4.61. The van der Waals surface area contributed by atoms with Gasteiger partial charge >= 0.3 is 0 Å². The predicted molar refractivity (Wildman–Crippen MR) is 78.9 cm³/mol. The normalized spacial score (nSPS) is 10.8. The van der Waals surface area contributed by atoms with Crippen molar-refractivity contribution in [1.82, 2.24) is 14.6 Å². The van der Waals surface area contributed by atoms with E-state index in [-0.39, 0.29) is 5.75 Å². The molecule has 0 radical (unpaired) electrons. The first-order chi connectivity index (χ1) is 9.78. The molecule has 102 valence electrons. The topological polar surface area (TPSA) is 62.5 Å². The number of nitrogens with one attached hydrogen (secondary N) is 1. The molecule has 0 unspecified atom stereocenters. The predicted octanol–water partition coefficient (Wildman–Crippen LogP) is 2.92. The highest BCUT2D eigenvalue weighted by atomic mass is 16.3. The highest BCUT2D eigenvalue weighted by Gasteiger charge is 2.07. The monoisotopic (exact) mass is 268 g/mol. The molecule has 3 rings (SSSR count). The van der Waals surface area contributed by atoms with Gasteiger partial charge in [0.25, 0.3) is 0 Å². The lowest BCUT2D eigenvalue weighted by molar-refractivity contribution is 0.475. The van der Waals surface area contributed by atoms with Crippen LogP contribution in [-0.4, -0.2) is 26.2 Å². The third-order valence-electron chi connectivity index (χ3n) is 3.08. The minimum absolute atomic E-state index is 0.251. The summed E-state index contributed by atoms with van der Waals surface area (Å²) in [6, 6.07) is 10.9. The first kappa shape index (κ1) is 12.5.